The van der Waals surface area contributed by atoms with Crippen LogP contribution in [0.3, 0.4) is 0 Å². The van der Waals surface area contributed by atoms with Crippen molar-refractivity contribution in [3.8, 4) is 0 Å². The molecule has 1 saturated heterocycles. The van der Waals surface area contributed by atoms with Crippen LogP contribution in [0.4, 0.5) is 5.82 Å². The van der Waals surface area contributed by atoms with Gasteiger partial charge in [-0.3, -0.25) is 4.79 Å². The molecule has 4 heteroatoms. The lowest BCUT2D eigenvalue weighted by Crippen LogP contribution is -2.40. The van der Waals surface area contributed by atoms with Crippen molar-refractivity contribution >= 4 is 11.7 Å². The summed E-state index contributed by atoms with van der Waals surface area (Å²) in [6.45, 7) is 4.29. The van der Waals surface area contributed by atoms with Crippen LogP contribution >= 0.6 is 0 Å². The predicted octanol–water partition coefficient (Wildman–Crippen LogP) is 4.02. The van der Waals surface area contributed by atoms with E-state index < -0.39 is 0 Å². The lowest BCUT2D eigenvalue weighted by atomic mass is 9.84. The van der Waals surface area contributed by atoms with Crippen LogP contribution in [0.15, 0.2) is 18.2 Å². The number of rotatable bonds is 4. The molecule has 0 radical (unpaired) electrons. The van der Waals surface area contributed by atoms with E-state index in [1.807, 2.05) is 18.2 Å². The van der Waals surface area contributed by atoms with Gasteiger partial charge in [0.1, 0.15) is 11.5 Å². The van der Waals surface area contributed by atoms with Crippen molar-refractivity contribution in [3.05, 3.63) is 23.9 Å². The molecule has 4 rings (SSSR count). The number of hydrogen-bond donors (Lipinski definition) is 1. The highest BCUT2D eigenvalue weighted by Gasteiger charge is 2.42. The Bertz CT molecular complexity index is 609. The van der Waals surface area contributed by atoms with Crippen LogP contribution in [-0.4, -0.2) is 30.0 Å². The van der Waals surface area contributed by atoms with E-state index in [4.69, 9.17) is 0 Å². The molecule has 1 N–H and O–H groups in total. The molecule has 4 unspecified atom stereocenters. The number of nitrogens with zero attached hydrogens (tertiary/aromatic N) is 2. The van der Waals surface area contributed by atoms with Gasteiger partial charge in [-0.05, 0) is 68.9 Å². The highest BCUT2D eigenvalue weighted by Crippen LogP contribution is 2.49. The number of nitrogens with one attached hydrogen (secondary N) is 1. The van der Waals surface area contributed by atoms with E-state index in [0.29, 0.717) is 11.6 Å². The average Bonchev–Trinajstić information content (AvgIpc) is 3.16. The second-order valence-corrected chi connectivity index (χ2v) is 8.38. The number of fused-ring (bicyclic) bond motifs is 2. The lowest BCUT2D eigenvalue weighted by molar-refractivity contribution is 0.0910. The fourth-order valence-electron chi connectivity index (χ4n) is 5.32. The topological polar surface area (TPSA) is 45.2 Å². The summed E-state index contributed by atoms with van der Waals surface area (Å²) in [5, 5.41) is 3.25. The highest BCUT2D eigenvalue weighted by molar-refractivity contribution is 5.92. The normalized spacial score (nSPS) is 30.1. The van der Waals surface area contributed by atoms with Gasteiger partial charge < -0.3 is 10.2 Å². The van der Waals surface area contributed by atoms with Crippen LogP contribution in [0, 0.1) is 17.8 Å². The van der Waals surface area contributed by atoms with Crippen molar-refractivity contribution in [2.45, 2.75) is 64.3 Å². The Morgan fingerprint density at radius 1 is 1.16 bits per heavy atom. The zero-order valence-electron chi connectivity index (χ0n) is 15.4. The lowest BCUT2D eigenvalue weighted by Gasteiger charge is -2.28. The van der Waals surface area contributed by atoms with Crippen molar-refractivity contribution in [3.63, 3.8) is 0 Å². The quantitative estimate of drug-likeness (QED) is 0.900. The third kappa shape index (κ3) is 3.68. The summed E-state index contributed by atoms with van der Waals surface area (Å²) in [5.74, 6) is 3.36. The molecule has 3 fully saturated rings. The van der Waals surface area contributed by atoms with E-state index in [2.05, 4.69) is 22.1 Å². The third-order valence-corrected chi connectivity index (χ3v) is 6.69. The molecule has 2 saturated carbocycles. The SMILES string of the molecule is CC(NC(=O)c1cccc(N2CCCCCC2)n1)C1CC2CCC1C2. The van der Waals surface area contributed by atoms with Gasteiger partial charge in [-0.15, -0.1) is 0 Å². The molecular formula is C21H31N3O. The molecule has 25 heavy (non-hydrogen) atoms. The monoisotopic (exact) mass is 341 g/mol. The molecule has 2 heterocycles. The minimum atomic E-state index is -0.00746. The maximum atomic E-state index is 12.7. The van der Waals surface area contributed by atoms with Gasteiger partial charge >= 0.3 is 0 Å². The second-order valence-electron chi connectivity index (χ2n) is 8.38. The Morgan fingerprint density at radius 3 is 2.64 bits per heavy atom. The van der Waals surface area contributed by atoms with E-state index in [1.54, 1.807) is 0 Å². The van der Waals surface area contributed by atoms with Gasteiger partial charge in [0.2, 0.25) is 0 Å². The first kappa shape index (κ1) is 16.9. The first-order valence-corrected chi connectivity index (χ1v) is 10.2. The Hall–Kier alpha value is -1.58. The van der Waals surface area contributed by atoms with Gasteiger partial charge in [0.25, 0.3) is 5.91 Å². The molecule has 1 aromatic heterocycles. The maximum absolute atomic E-state index is 12.7. The number of carbonyl (C=O) groups excluding carboxylic acids is 1. The molecule has 2 bridgehead atoms. The van der Waals surface area contributed by atoms with Gasteiger partial charge in [-0.1, -0.05) is 25.3 Å². The predicted molar refractivity (Wildman–Crippen MR) is 101 cm³/mol. The Morgan fingerprint density at radius 2 is 1.96 bits per heavy atom. The number of anilines is 1. The summed E-state index contributed by atoms with van der Waals surface area (Å²) in [4.78, 5) is 19.7. The fourth-order valence-corrected chi connectivity index (χ4v) is 5.32. The molecule has 0 aromatic carbocycles. The maximum Gasteiger partial charge on any atom is 0.270 e. The number of amides is 1. The van der Waals surface area contributed by atoms with Gasteiger partial charge in [-0.2, -0.15) is 0 Å². The summed E-state index contributed by atoms with van der Waals surface area (Å²) in [5.41, 5.74) is 0.566. The summed E-state index contributed by atoms with van der Waals surface area (Å²) >= 11 is 0. The number of hydrogen-bond acceptors (Lipinski definition) is 3. The summed E-state index contributed by atoms with van der Waals surface area (Å²) in [6, 6.07) is 6.13. The Kier molecular flexibility index (Phi) is 4.96. The van der Waals surface area contributed by atoms with Gasteiger partial charge in [0.15, 0.2) is 0 Å². The number of pyridine rings is 1. The van der Waals surface area contributed by atoms with Crippen LogP contribution in [0.5, 0.6) is 0 Å². The largest absolute Gasteiger partial charge is 0.357 e. The molecule has 2 aliphatic carbocycles. The van der Waals surface area contributed by atoms with Crippen LogP contribution in [0.2, 0.25) is 0 Å². The molecule has 0 spiro atoms. The molecule has 1 aliphatic heterocycles. The third-order valence-electron chi connectivity index (χ3n) is 6.69. The standard InChI is InChI=1S/C21H31N3O/c1-15(18-14-16-9-10-17(18)13-16)22-21(25)19-7-6-8-20(23-19)24-11-4-2-3-5-12-24/h6-8,15-18H,2-5,9-14H2,1H3,(H,22,25). The molecule has 1 aromatic rings. The first-order chi connectivity index (χ1) is 12.2. The van der Waals surface area contributed by atoms with Gasteiger partial charge in [0, 0.05) is 19.1 Å². The summed E-state index contributed by atoms with van der Waals surface area (Å²) < 4.78 is 0. The minimum Gasteiger partial charge on any atom is -0.357 e. The van der Waals surface area contributed by atoms with Crippen LogP contribution in [0.25, 0.3) is 0 Å². The second kappa shape index (κ2) is 7.35. The first-order valence-electron chi connectivity index (χ1n) is 10.2. The van der Waals surface area contributed by atoms with Gasteiger partial charge in [-0.25, -0.2) is 4.98 Å². The van der Waals surface area contributed by atoms with E-state index in [-0.39, 0.29) is 11.9 Å². The fraction of sp³-hybridized carbons (Fsp3) is 0.714. The van der Waals surface area contributed by atoms with Crippen LogP contribution in [-0.2, 0) is 0 Å². The molecule has 1 amide bonds. The van der Waals surface area contributed by atoms with Crippen molar-refractivity contribution in [1.29, 1.82) is 0 Å². The van der Waals surface area contributed by atoms with E-state index >= 15 is 0 Å². The molecule has 4 nitrogen and oxygen atoms in total. The van der Waals surface area contributed by atoms with Crippen LogP contribution < -0.4 is 10.2 Å². The van der Waals surface area contributed by atoms with E-state index in [0.717, 1.165) is 30.7 Å². The molecule has 4 atom stereocenters. The van der Waals surface area contributed by atoms with Crippen molar-refractivity contribution in [2.75, 3.05) is 18.0 Å². The van der Waals surface area contributed by atoms with Gasteiger partial charge in [0.05, 0.1) is 0 Å². The molecule has 136 valence electrons. The average molecular weight is 341 g/mol. The molecule has 3 aliphatic rings. The Labute approximate surface area is 151 Å². The van der Waals surface area contributed by atoms with Crippen molar-refractivity contribution in [1.82, 2.24) is 10.3 Å². The van der Waals surface area contributed by atoms with Crippen molar-refractivity contribution < 1.29 is 4.79 Å². The summed E-state index contributed by atoms with van der Waals surface area (Å²) in [6.07, 6.45) is 10.5. The zero-order valence-corrected chi connectivity index (χ0v) is 15.4. The van der Waals surface area contributed by atoms with E-state index in [1.165, 1.54) is 51.4 Å². The van der Waals surface area contributed by atoms with Crippen molar-refractivity contribution in [2.24, 2.45) is 17.8 Å². The number of carbonyl (C=O) groups is 1. The summed E-state index contributed by atoms with van der Waals surface area (Å²) in [7, 11) is 0. The minimum absolute atomic E-state index is 0.00746. The Balaban J connectivity index is 1.40. The van der Waals surface area contributed by atoms with Crippen LogP contribution in [0.1, 0.15) is 68.8 Å². The zero-order chi connectivity index (χ0) is 17.2. The number of aromatic nitrogens is 1. The van der Waals surface area contributed by atoms with E-state index in [9.17, 15) is 4.79 Å². The highest BCUT2D eigenvalue weighted by atomic mass is 16.1. The molecular weight excluding hydrogens is 310 g/mol. The smallest absolute Gasteiger partial charge is 0.270 e.